The third kappa shape index (κ3) is 5.22. The second kappa shape index (κ2) is 9.49. The van der Waals surface area contributed by atoms with Crippen LogP contribution in [0.5, 0.6) is 0 Å². The van der Waals surface area contributed by atoms with Crippen LogP contribution in [0.3, 0.4) is 0 Å². The monoisotopic (exact) mass is 411 g/mol. The lowest BCUT2D eigenvalue weighted by Crippen LogP contribution is -2.34. The predicted octanol–water partition coefficient (Wildman–Crippen LogP) is 3.88. The molecule has 4 rings (SSSR count). The molecule has 4 aromatic rings. The van der Waals surface area contributed by atoms with Gasteiger partial charge in [0.15, 0.2) is 0 Å². The number of nitrogens with zero attached hydrogens (tertiary/aromatic N) is 2. The van der Waals surface area contributed by atoms with Crippen LogP contribution in [-0.2, 0) is 13.1 Å². The molecule has 2 heterocycles. The van der Waals surface area contributed by atoms with Crippen LogP contribution < -0.4 is 16.0 Å². The maximum Gasteiger partial charge on any atom is 0.315 e. The quantitative estimate of drug-likeness (QED) is 0.449. The van der Waals surface area contributed by atoms with Crippen LogP contribution >= 0.6 is 0 Å². The van der Waals surface area contributed by atoms with Crippen molar-refractivity contribution in [2.24, 2.45) is 0 Å². The Morgan fingerprint density at radius 2 is 1.52 bits per heavy atom. The Bertz CT molecular complexity index is 1190. The first-order valence-corrected chi connectivity index (χ1v) is 9.84. The minimum Gasteiger partial charge on any atom is -0.334 e. The summed E-state index contributed by atoms with van der Waals surface area (Å²) in [5, 5.41) is 10.6. The molecule has 3 amide bonds. The summed E-state index contributed by atoms with van der Waals surface area (Å²) in [5.74, 6) is -0.199. The molecule has 0 atom stereocenters. The molecule has 2 aromatic carbocycles. The maximum atomic E-state index is 12.2. The molecular formula is C24H21N5O2. The highest BCUT2D eigenvalue weighted by atomic mass is 16.2. The fraction of sp³-hybridized carbons (Fsp3) is 0.0833. The number of aromatic nitrogens is 2. The minimum absolute atomic E-state index is 0.199. The number of rotatable bonds is 6. The van der Waals surface area contributed by atoms with Crippen LogP contribution in [0.2, 0.25) is 0 Å². The average Bonchev–Trinajstić information content (AvgIpc) is 2.82. The molecule has 0 aliphatic rings. The van der Waals surface area contributed by atoms with Gasteiger partial charge in [-0.05, 0) is 41.3 Å². The molecule has 0 bridgehead atoms. The van der Waals surface area contributed by atoms with Crippen LogP contribution in [0, 0.1) is 0 Å². The van der Waals surface area contributed by atoms with Gasteiger partial charge in [-0.15, -0.1) is 0 Å². The van der Waals surface area contributed by atoms with Gasteiger partial charge in [0.2, 0.25) is 0 Å². The third-order valence-corrected chi connectivity index (χ3v) is 4.78. The van der Waals surface area contributed by atoms with E-state index in [1.807, 2.05) is 42.5 Å². The first kappa shape index (κ1) is 20.0. The summed E-state index contributed by atoms with van der Waals surface area (Å²) in [6.45, 7) is 0.709. The zero-order chi connectivity index (χ0) is 21.5. The second-order valence-electron chi connectivity index (χ2n) is 6.90. The maximum absolute atomic E-state index is 12.2. The Kier molecular flexibility index (Phi) is 6.13. The van der Waals surface area contributed by atoms with Gasteiger partial charge >= 0.3 is 6.03 Å². The molecule has 0 fully saturated rings. The number of hydrogen-bond donors (Lipinski definition) is 3. The van der Waals surface area contributed by atoms with Gasteiger partial charge in [0, 0.05) is 41.8 Å². The molecule has 0 spiro atoms. The fourth-order valence-electron chi connectivity index (χ4n) is 3.14. The van der Waals surface area contributed by atoms with Gasteiger partial charge in [0.05, 0.1) is 12.2 Å². The van der Waals surface area contributed by atoms with Crippen LogP contribution in [0.15, 0.2) is 85.3 Å². The molecule has 0 saturated heterocycles. The highest BCUT2D eigenvalue weighted by Gasteiger charge is 2.07. The number of carbonyl (C=O) groups excluding carboxylic acids is 2. The number of benzene rings is 2. The number of hydrogen-bond acceptors (Lipinski definition) is 4. The van der Waals surface area contributed by atoms with Crippen LogP contribution in [0.1, 0.15) is 21.6 Å². The largest absolute Gasteiger partial charge is 0.334 e. The van der Waals surface area contributed by atoms with Crippen molar-refractivity contribution in [1.29, 1.82) is 0 Å². The number of pyridine rings is 2. The standard InChI is InChI=1S/C24H21N5O2/c30-23(19-9-12-25-13-10-19)29-20-7-5-17(6-8-20)15-27-24(31)28-16-22-21-4-2-1-3-18(21)11-14-26-22/h1-14H,15-16H2,(H,29,30)(H2,27,28,31). The van der Waals surface area contributed by atoms with E-state index in [-0.39, 0.29) is 11.9 Å². The molecular weight excluding hydrogens is 390 g/mol. The molecule has 7 nitrogen and oxygen atoms in total. The average molecular weight is 411 g/mol. The molecule has 7 heteroatoms. The van der Waals surface area contributed by atoms with E-state index in [1.165, 1.54) is 0 Å². The van der Waals surface area contributed by atoms with Gasteiger partial charge in [0.25, 0.3) is 5.91 Å². The topological polar surface area (TPSA) is 96.0 Å². The number of carbonyl (C=O) groups is 2. The fourth-order valence-corrected chi connectivity index (χ4v) is 3.14. The number of amides is 3. The number of anilines is 1. The van der Waals surface area contributed by atoms with Crippen LogP contribution in [-0.4, -0.2) is 21.9 Å². The second-order valence-corrected chi connectivity index (χ2v) is 6.90. The number of fused-ring (bicyclic) bond motifs is 1. The van der Waals surface area contributed by atoms with E-state index in [0.717, 1.165) is 22.0 Å². The highest BCUT2D eigenvalue weighted by Crippen LogP contribution is 2.16. The van der Waals surface area contributed by atoms with E-state index in [9.17, 15) is 9.59 Å². The van der Waals surface area contributed by atoms with Crippen molar-refractivity contribution in [3.63, 3.8) is 0 Å². The lowest BCUT2D eigenvalue weighted by Gasteiger charge is -2.10. The van der Waals surface area contributed by atoms with Crippen molar-refractivity contribution in [1.82, 2.24) is 20.6 Å². The summed E-state index contributed by atoms with van der Waals surface area (Å²) in [6.07, 6.45) is 4.89. The Morgan fingerprint density at radius 3 is 2.32 bits per heavy atom. The van der Waals surface area contributed by atoms with Crippen molar-refractivity contribution >= 4 is 28.4 Å². The molecule has 154 valence electrons. The summed E-state index contributed by atoms with van der Waals surface area (Å²) >= 11 is 0. The smallest absolute Gasteiger partial charge is 0.315 e. The molecule has 0 unspecified atom stereocenters. The molecule has 3 N–H and O–H groups in total. The van der Waals surface area contributed by atoms with Gasteiger partial charge < -0.3 is 16.0 Å². The SMILES string of the molecule is O=C(NCc1ccc(NC(=O)c2ccncc2)cc1)NCc1nccc2ccccc12. The Hall–Kier alpha value is -4.26. The predicted molar refractivity (Wildman–Crippen MR) is 119 cm³/mol. The summed E-state index contributed by atoms with van der Waals surface area (Å²) < 4.78 is 0. The van der Waals surface area contributed by atoms with Crippen molar-refractivity contribution in [3.8, 4) is 0 Å². The van der Waals surface area contributed by atoms with Crippen LogP contribution in [0.25, 0.3) is 10.8 Å². The van der Waals surface area contributed by atoms with E-state index in [4.69, 9.17) is 0 Å². The van der Waals surface area contributed by atoms with Gasteiger partial charge in [-0.3, -0.25) is 14.8 Å². The minimum atomic E-state index is -0.273. The normalized spacial score (nSPS) is 10.5. The highest BCUT2D eigenvalue weighted by molar-refractivity contribution is 6.04. The third-order valence-electron chi connectivity index (χ3n) is 4.78. The summed E-state index contributed by atoms with van der Waals surface area (Å²) in [7, 11) is 0. The van der Waals surface area contributed by atoms with E-state index >= 15 is 0 Å². The van der Waals surface area contributed by atoms with Gasteiger partial charge in [-0.2, -0.15) is 0 Å². The molecule has 0 aliphatic heterocycles. The zero-order valence-electron chi connectivity index (χ0n) is 16.7. The van der Waals surface area contributed by atoms with Crippen molar-refractivity contribution in [2.75, 3.05) is 5.32 Å². The first-order valence-electron chi connectivity index (χ1n) is 9.84. The Morgan fingerprint density at radius 1 is 0.774 bits per heavy atom. The lowest BCUT2D eigenvalue weighted by molar-refractivity contribution is 0.102. The Balaban J connectivity index is 1.27. The summed E-state index contributed by atoms with van der Waals surface area (Å²) in [4.78, 5) is 32.6. The van der Waals surface area contributed by atoms with Crippen molar-refractivity contribution < 1.29 is 9.59 Å². The molecule has 31 heavy (non-hydrogen) atoms. The van der Waals surface area contributed by atoms with E-state index in [2.05, 4.69) is 25.9 Å². The van der Waals surface area contributed by atoms with Crippen molar-refractivity contribution in [2.45, 2.75) is 13.1 Å². The summed E-state index contributed by atoms with van der Waals surface area (Å²) in [5.41, 5.74) is 2.96. The zero-order valence-corrected chi connectivity index (χ0v) is 16.7. The first-order chi connectivity index (χ1) is 15.2. The molecule has 0 saturated carbocycles. The summed E-state index contributed by atoms with van der Waals surface area (Å²) in [6, 6.07) is 20.2. The molecule has 2 aromatic heterocycles. The van der Waals surface area contributed by atoms with Gasteiger partial charge in [-0.1, -0.05) is 36.4 Å². The number of urea groups is 1. The van der Waals surface area contributed by atoms with E-state index in [1.54, 1.807) is 42.9 Å². The van der Waals surface area contributed by atoms with Crippen molar-refractivity contribution in [3.05, 3.63) is 102 Å². The molecule has 0 aliphatic carbocycles. The Labute approximate surface area is 179 Å². The van der Waals surface area contributed by atoms with Gasteiger partial charge in [0.1, 0.15) is 0 Å². The molecule has 0 radical (unpaired) electrons. The van der Waals surface area contributed by atoms with Crippen LogP contribution in [0.4, 0.5) is 10.5 Å². The van der Waals surface area contributed by atoms with E-state index in [0.29, 0.717) is 24.3 Å². The van der Waals surface area contributed by atoms with Gasteiger partial charge in [-0.25, -0.2) is 4.79 Å². The van der Waals surface area contributed by atoms with E-state index < -0.39 is 0 Å². The lowest BCUT2D eigenvalue weighted by atomic mass is 10.1. The number of nitrogens with one attached hydrogen (secondary N) is 3.